The zero-order valence-corrected chi connectivity index (χ0v) is 16.1. The second-order valence-electron chi connectivity index (χ2n) is 7.26. The van der Waals surface area contributed by atoms with Crippen LogP contribution in [0.2, 0.25) is 0 Å². The Labute approximate surface area is 164 Å². The van der Waals surface area contributed by atoms with E-state index in [9.17, 15) is 9.50 Å². The van der Waals surface area contributed by atoms with E-state index in [-0.39, 0.29) is 11.9 Å². The third kappa shape index (κ3) is 3.66. The summed E-state index contributed by atoms with van der Waals surface area (Å²) in [5.74, 6) is -0.195. The molecule has 0 bridgehead atoms. The molecule has 1 N–H and O–H groups in total. The molecule has 0 unspecified atom stereocenters. The Morgan fingerprint density at radius 3 is 2.75 bits per heavy atom. The third-order valence-electron chi connectivity index (χ3n) is 5.22. The molecule has 4 rings (SSSR count). The monoisotopic (exact) mass is 381 g/mol. The number of halogens is 1. The largest absolute Gasteiger partial charge is 0.494 e. The van der Waals surface area contributed by atoms with Gasteiger partial charge in [0.25, 0.3) is 0 Å². The highest BCUT2D eigenvalue weighted by Gasteiger charge is 2.23. The molecule has 2 aromatic carbocycles. The highest BCUT2D eigenvalue weighted by molar-refractivity contribution is 5.64. The molecule has 1 aromatic heterocycles. The molecule has 146 valence electrons. The summed E-state index contributed by atoms with van der Waals surface area (Å²) in [5.41, 5.74) is 4.56. The van der Waals surface area contributed by atoms with Gasteiger partial charge in [-0.15, -0.1) is 0 Å². The molecule has 3 aromatic rings. The number of ether oxygens (including phenoxy) is 1. The van der Waals surface area contributed by atoms with Gasteiger partial charge in [0.1, 0.15) is 0 Å². The quantitative estimate of drug-likeness (QED) is 0.734. The first-order valence-corrected chi connectivity index (χ1v) is 9.44. The van der Waals surface area contributed by atoms with Gasteiger partial charge in [0.15, 0.2) is 11.6 Å². The van der Waals surface area contributed by atoms with Crippen LogP contribution in [-0.4, -0.2) is 46.1 Å². The van der Waals surface area contributed by atoms with Gasteiger partial charge < -0.3 is 9.84 Å². The van der Waals surface area contributed by atoms with Gasteiger partial charge in [-0.2, -0.15) is 5.10 Å². The molecule has 1 atom stereocenters. The highest BCUT2D eigenvalue weighted by atomic mass is 19.1. The van der Waals surface area contributed by atoms with E-state index in [0.717, 1.165) is 35.5 Å². The zero-order chi connectivity index (χ0) is 19.7. The predicted molar refractivity (Wildman–Crippen MR) is 106 cm³/mol. The second kappa shape index (κ2) is 7.73. The number of nitrogens with zero attached hydrogens (tertiary/aromatic N) is 3. The molecule has 5 nitrogen and oxygen atoms in total. The number of rotatable bonds is 5. The number of hydrogen-bond acceptors (Lipinski definition) is 4. The molecular weight excluding hydrogens is 357 g/mol. The fourth-order valence-electron chi connectivity index (χ4n) is 3.72. The molecule has 0 aliphatic carbocycles. The van der Waals surface area contributed by atoms with Crippen LogP contribution in [0.25, 0.3) is 16.9 Å². The third-order valence-corrected chi connectivity index (χ3v) is 5.22. The van der Waals surface area contributed by atoms with Crippen LogP contribution in [-0.2, 0) is 6.54 Å². The van der Waals surface area contributed by atoms with Crippen molar-refractivity contribution in [2.24, 2.45) is 0 Å². The molecule has 1 fully saturated rings. The van der Waals surface area contributed by atoms with Crippen molar-refractivity contribution in [3.63, 3.8) is 0 Å². The van der Waals surface area contributed by atoms with Gasteiger partial charge >= 0.3 is 0 Å². The van der Waals surface area contributed by atoms with Crippen LogP contribution >= 0.6 is 0 Å². The van der Waals surface area contributed by atoms with Crippen LogP contribution in [0.15, 0.2) is 48.7 Å². The van der Waals surface area contributed by atoms with E-state index in [1.54, 1.807) is 6.07 Å². The Hall–Kier alpha value is -2.70. The van der Waals surface area contributed by atoms with Crippen LogP contribution in [0, 0.1) is 12.7 Å². The van der Waals surface area contributed by atoms with Crippen molar-refractivity contribution in [3.05, 3.63) is 65.6 Å². The Morgan fingerprint density at radius 1 is 1.25 bits per heavy atom. The summed E-state index contributed by atoms with van der Waals surface area (Å²) in [6.07, 6.45) is 2.50. The summed E-state index contributed by atoms with van der Waals surface area (Å²) in [6.45, 7) is 4.19. The second-order valence-corrected chi connectivity index (χ2v) is 7.26. The van der Waals surface area contributed by atoms with E-state index in [1.807, 2.05) is 48.1 Å². The van der Waals surface area contributed by atoms with Gasteiger partial charge in [-0.3, -0.25) is 4.90 Å². The van der Waals surface area contributed by atoms with Crippen LogP contribution in [0.5, 0.6) is 5.75 Å². The van der Waals surface area contributed by atoms with Gasteiger partial charge in [0, 0.05) is 37.0 Å². The summed E-state index contributed by atoms with van der Waals surface area (Å²) in [7, 11) is 1.45. The van der Waals surface area contributed by atoms with Crippen molar-refractivity contribution < 1.29 is 14.2 Å². The van der Waals surface area contributed by atoms with Crippen molar-refractivity contribution >= 4 is 0 Å². The van der Waals surface area contributed by atoms with Crippen LogP contribution < -0.4 is 4.74 Å². The van der Waals surface area contributed by atoms with E-state index in [2.05, 4.69) is 4.90 Å². The maximum Gasteiger partial charge on any atom is 0.165 e. The molecule has 0 saturated carbocycles. The Morgan fingerprint density at radius 2 is 2.07 bits per heavy atom. The van der Waals surface area contributed by atoms with E-state index < -0.39 is 5.82 Å². The molecule has 0 radical (unpaired) electrons. The molecular formula is C22H24FN3O2. The Bertz CT molecular complexity index is 986. The van der Waals surface area contributed by atoms with Gasteiger partial charge in [-0.05, 0) is 43.2 Å². The molecule has 28 heavy (non-hydrogen) atoms. The summed E-state index contributed by atoms with van der Waals surface area (Å²) in [5, 5.41) is 14.6. The minimum atomic E-state index is -0.409. The number of aromatic nitrogens is 2. The van der Waals surface area contributed by atoms with Crippen molar-refractivity contribution in [2.45, 2.75) is 26.0 Å². The number of methoxy groups -OCH3 is 1. The lowest BCUT2D eigenvalue weighted by Gasteiger charge is -2.14. The molecule has 1 aliphatic heterocycles. The van der Waals surface area contributed by atoms with E-state index in [1.165, 1.54) is 13.2 Å². The average Bonchev–Trinajstić information content (AvgIpc) is 3.28. The van der Waals surface area contributed by atoms with Gasteiger partial charge in [-0.1, -0.05) is 18.2 Å². The minimum Gasteiger partial charge on any atom is -0.494 e. The number of aryl methyl sites for hydroxylation is 1. The van der Waals surface area contributed by atoms with Crippen molar-refractivity contribution in [1.29, 1.82) is 0 Å². The smallest absolute Gasteiger partial charge is 0.165 e. The molecule has 0 spiro atoms. The predicted octanol–water partition coefficient (Wildman–Crippen LogP) is 3.56. The fourth-order valence-corrected chi connectivity index (χ4v) is 3.72. The normalized spacial score (nSPS) is 17.2. The first kappa shape index (κ1) is 18.7. The van der Waals surface area contributed by atoms with Crippen molar-refractivity contribution in [1.82, 2.24) is 14.7 Å². The van der Waals surface area contributed by atoms with Gasteiger partial charge in [0.05, 0.1) is 24.6 Å². The number of hydrogen-bond donors (Lipinski definition) is 1. The first-order valence-electron chi connectivity index (χ1n) is 9.44. The number of likely N-dealkylation sites (tertiary alicyclic amines) is 1. The lowest BCUT2D eigenvalue weighted by atomic mass is 10.1. The van der Waals surface area contributed by atoms with E-state index in [0.29, 0.717) is 18.7 Å². The lowest BCUT2D eigenvalue weighted by Crippen LogP contribution is -2.21. The number of para-hydroxylation sites is 1. The fraction of sp³-hybridized carbons (Fsp3) is 0.318. The van der Waals surface area contributed by atoms with Crippen molar-refractivity contribution in [3.8, 4) is 22.7 Å². The maximum atomic E-state index is 14.3. The standard InChI is InChI=1S/C22H24FN3O2/c1-15-5-3-4-6-20(15)26-13-17(12-25-10-9-18(27)14-25)22(24-26)16-7-8-21(28-2)19(23)11-16/h3-8,11,13,18,27H,9-10,12,14H2,1-2H3/t18-/m1/s1. The van der Waals surface area contributed by atoms with Gasteiger partial charge in [0.2, 0.25) is 0 Å². The maximum absolute atomic E-state index is 14.3. The van der Waals surface area contributed by atoms with E-state index >= 15 is 0 Å². The molecule has 6 heteroatoms. The number of aliphatic hydroxyl groups excluding tert-OH is 1. The summed E-state index contributed by atoms with van der Waals surface area (Å²) >= 11 is 0. The molecule has 0 amide bonds. The topological polar surface area (TPSA) is 50.5 Å². The molecule has 1 aliphatic rings. The molecule has 2 heterocycles. The minimum absolute atomic E-state index is 0.214. The first-order chi connectivity index (χ1) is 13.5. The number of aliphatic hydroxyl groups is 1. The Kier molecular flexibility index (Phi) is 5.15. The van der Waals surface area contributed by atoms with Crippen LogP contribution in [0.4, 0.5) is 4.39 Å². The zero-order valence-electron chi connectivity index (χ0n) is 16.1. The summed E-state index contributed by atoms with van der Waals surface area (Å²) in [6, 6.07) is 13.0. The average molecular weight is 381 g/mol. The van der Waals surface area contributed by atoms with Crippen LogP contribution in [0.1, 0.15) is 17.5 Å². The number of benzene rings is 2. The lowest BCUT2D eigenvalue weighted by molar-refractivity contribution is 0.175. The van der Waals surface area contributed by atoms with Crippen LogP contribution in [0.3, 0.4) is 0 Å². The molecule has 1 saturated heterocycles. The number of β-amino-alcohol motifs (C(OH)–C–C–N with tert-alkyl or cyclic N) is 1. The van der Waals surface area contributed by atoms with Gasteiger partial charge in [-0.25, -0.2) is 9.07 Å². The van der Waals surface area contributed by atoms with Crippen molar-refractivity contribution in [2.75, 3.05) is 20.2 Å². The SMILES string of the molecule is COc1ccc(-c2nn(-c3ccccc3C)cc2CN2CC[C@@H](O)C2)cc1F. The van der Waals surface area contributed by atoms with E-state index in [4.69, 9.17) is 9.84 Å². The summed E-state index contributed by atoms with van der Waals surface area (Å²) in [4.78, 5) is 2.20. The highest BCUT2D eigenvalue weighted by Crippen LogP contribution is 2.29. The Balaban J connectivity index is 1.76. The summed E-state index contributed by atoms with van der Waals surface area (Å²) < 4.78 is 21.2.